The van der Waals surface area contributed by atoms with Gasteiger partial charge in [-0.2, -0.15) is 5.10 Å². The van der Waals surface area contributed by atoms with Gasteiger partial charge in [0.15, 0.2) is 11.4 Å². The highest BCUT2D eigenvalue weighted by molar-refractivity contribution is 5.98. The second kappa shape index (κ2) is 6.90. The molecule has 0 spiro atoms. The lowest BCUT2D eigenvalue weighted by atomic mass is 10.1. The number of carbonyl (C=O) groups is 1. The summed E-state index contributed by atoms with van der Waals surface area (Å²) >= 11 is 0. The van der Waals surface area contributed by atoms with E-state index in [2.05, 4.69) is 20.4 Å². The van der Waals surface area contributed by atoms with Crippen molar-refractivity contribution in [2.45, 2.75) is 20.4 Å². The largest absolute Gasteiger partial charge is 0.504 e. The van der Waals surface area contributed by atoms with Crippen molar-refractivity contribution in [3.05, 3.63) is 29.3 Å². The molecule has 10 nitrogen and oxygen atoms in total. The molecule has 0 saturated carbocycles. The molecule has 0 fully saturated rings. The first-order chi connectivity index (χ1) is 12.9. The first-order valence-corrected chi connectivity index (χ1v) is 8.16. The van der Waals surface area contributed by atoms with Gasteiger partial charge in [-0.3, -0.25) is 9.48 Å². The molecule has 140 valence electrons. The number of anilines is 1. The summed E-state index contributed by atoms with van der Waals surface area (Å²) in [5.74, 6) is -0.573. The highest BCUT2D eigenvalue weighted by atomic mass is 16.3. The second-order valence-electron chi connectivity index (χ2n) is 5.71. The Labute approximate surface area is 154 Å². The Morgan fingerprint density at radius 3 is 2.81 bits per heavy atom. The summed E-state index contributed by atoms with van der Waals surface area (Å²) in [7, 11) is 1.66. The number of hydrogen-bond acceptors (Lipinski definition) is 8. The Bertz CT molecular complexity index is 1040. The summed E-state index contributed by atoms with van der Waals surface area (Å²) < 4.78 is 7.10. The predicted molar refractivity (Wildman–Crippen MR) is 99.0 cm³/mol. The third-order valence-electron chi connectivity index (χ3n) is 4.07. The van der Waals surface area contributed by atoms with Crippen LogP contribution >= 0.6 is 0 Å². The number of rotatable bonds is 6. The molecule has 1 amide bonds. The maximum atomic E-state index is 11.6. The Kier molecular flexibility index (Phi) is 4.63. The number of oxazole rings is 1. The van der Waals surface area contributed by atoms with Crippen molar-refractivity contribution < 1.29 is 14.3 Å². The van der Waals surface area contributed by atoms with E-state index in [-0.39, 0.29) is 23.0 Å². The van der Waals surface area contributed by atoms with Gasteiger partial charge in [0.05, 0.1) is 0 Å². The van der Waals surface area contributed by atoms with Crippen LogP contribution in [0.1, 0.15) is 28.7 Å². The summed E-state index contributed by atoms with van der Waals surface area (Å²) in [5, 5.41) is 25.1. The number of primary amides is 1. The van der Waals surface area contributed by atoms with Gasteiger partial charge in [-0.05, 0) is 19.9 Å². The number of hydrogen-bond donors (Lipinski definition) is 4. The molecule has 10 heteroatoms. The minimum Gasteiger partial charge on any atom is -0.504 e. The van der Waals surface area contributed by atoms with E-state index < -0.39 is 5.91 Å². The molecule has 0 unspecified atom stereocenters. The van der Waals surface area contributed by atoms with Crippen LogP contribution in [0, 0.1) is 12.3 Å². The van der Waals surface area contributed by atoms with Crippen molar-refractivity contribution in [3.8, 4) is 28.7 Å². The molecule has 0 radical (unpaired) electrons. The quantitative estimate of drug-likeness (QED) is 0.482. The average Bonchev–Trinajstić information content (AvgIpc) is 3.25. The monoisotopic (exact) mass is 369 g/mol. The number of amides is 1. The van der Waals surface area contributed by atoms with Gasteiger partial charge in [0.25, 0.3) is 5.91 Å². The molecular weight excluding hydrogens is 350 g/mol. The molecule has 0 atom stereocenters. The first kappa shape index (κ1) is 18.1. The standard InChI is InChI=1S/C17H19N7O3/c1-4-24-14(15(25)8(2)23-24)17-22-12(7-27-17)13-9(6-18)10(20-3)5-11(21-13)16(19)26/h5-7,18,25H,4H2,1-3H3,(H2,19,26)(H,20,21). The van der Waals surface area contributed by atoms with Crippen molar-refractivity contribution in [2.24, 2.45) is 5.73 Å². The molecule has 3 rings (SSSR count). The van der Waals surface area contributed by atoms with Crippen LogP contribution in [-0.2, 0) is 6.54 Å². The van der Waals surface area contributed by atoms with E-state index in [1.807, 2.05) is 6.92 Å². The molecule has 0 saturated heterocycles. The molecule has 3 aromatic rings. The lowest BCUT2D eigenvalue weighted by Gasteiger charge is -2.10. The summed E-state index contributed by atoms with van der Waals surface area (Å²) in [5.41, 5.74) is 7.68. The maximum absolute atomic E-state index is 11.6. The molecule has 27 heavy (non-hydrogen) atoms. The summed E-state index contributed by atoms with van der Waals surface area (Å²) in [6.07, 6.45) is 2.45. The third kappa shape index (κ3) is 3.01. The zero-order valence-electron chi connectivity index (χ0n) is 15.1. The van der Waals surface area contributed by atoms with Crippen LogP contribution in [0.25, 0.3) is 23.0 Å². The fourth-order valence-electron chi connectivity index (χ4n) is 2.73. The van der Waals surface area contributed by atoms with E-state index in [4.69, 9.17) is 15.6 Å². The Hall–Kier alpha value is -3.69. The number of aryl methyl sites for hydroxylation is 2. The number of pyridine rings is 1. The van der Waals surface area contributed by atoms with Gasteiger partial charge in [0.1, 0.15) is 29.0 Å². The van der Waals surface area contributed by atoms with Crippen molar-refractivity contribution in [1.29, 1.82) is 5.41 Å². The van der Waals surface area contributed by atoms with Crippen molar-refractivity contribution in [3.63, 3.8) is 0 Å². The average molecular weight is 369 g/mol. The Morgan fingerprint density at radius 1 is 1.48 bits per heavy atom. The highest BCUT2D eigenvalue weighted by Gasteiger charge is 2.23. The van der Waals surface area contributed by atoms with Gasteiger partial charge < -0.3 is 26.0 Å². The molecule has 3 aromatic heterocycles. The summed E-state index contributed by atoms with van der Waals surface area (Å²) in [6, 6.07) is 1.47. The zero-order chi connectivity index (χ0) is 19.7. The molecule has 0 aliphatic heterocycles. The highest BCUT2D eigenvalue weighted by Crippen LogP contribution is 2.34. The minimum absolute atomic E-state index is 0.0210. The van der Waals surface area contributed by atoms with E-state index >= 15 is 0 Å². The molecular formula is C17H19N7O3. The SMILES string of the molecule is CCn1nc(C)c(O)c1-c1nc(-c2nc(C(N)=O)cc(NC)c2C=N)co1. The van der Waals surface area contributed by atoms with E-state index in [1.165, 1.54) is 12.3 Å². The topological polar surface area (TPSA) is 156 Å². The minimum atomic E-state index is -0.703. The molecule has 5 N–H and O–H groups in total. The molecule has 3 heterocycles. The van der Waals surface area contributed by atoms with Crippen LogP contribution in [0.5, 0.6) is 5.75 Å². The lowest BCUT2D eigenvalue weighted by molar-refractivity contribution is 0.0995. The number of nitrogens with zero attached hydrogens (tertiary/aromatic N) is 4. The fourth-order valence-corrected chi connectivity index (χ4v) is 2.73. The fraction of sp³-hybridized carbons (Fsp3) is 0.235. The van der Waals surface area contributed by atoms with E-state index in [0.29, 0.717) is 34.9 Å². The van der Waals surface area contributed by atoms with Gasteiger partial charge in [-0.1, -0.05) is 0 Å². The summed E-state index contributed by atoms with van der Waals surface area (Å²) in [6.45, 7) is 4.07. The van der Waals surface area contributed by atoms with E-state index in [0.717, 1.165) is 6.21 Å². The number of nitrogens with one attached hydrogen (secondary N) is 2. The molecule has 0 aliphatic carbocycles. The van der Waals surface area contributed by atoms with Crippen LogP contribution in [0.4, 0.5) is 5.69 Å². The van der Waals surface area contributed by atoms with Crippen molar-refractivity contribution >= 4 is 17.8 Å². The van der Waals surface area contributed by atoms with Crippen LogP contribution < -0.4 is 11.1 Å². The van der Waals surface area contributed by atoms with Crippen molar-refractivity contribution in [2.75, 3.05) is 12.4 Å². The molecule has 0 aromatic carbocycles. The Morgan fingerprint density at radius 2 is 2.22 bits per heavy atom. The number of nitrogens with two attached hydrogens (primary N) is 1. The number of aromatic hydroxyl groups is 1. The van der Waals surface area contributed by atoms with Crippen LogP contribution in [-0.4, -0.2) is 44.0 Å². The second-order valence-corrected chi connectivity index (χ2v) is 5.71. The smallest absolute Gasteiger partial charge is 0.267 e. The third-order valence-corrected chi connectivity index (χ3v) is 4.07. The molecule has 0 aliphatic rings. The van der Waals surface area contributed by atoms with Crippen LogP contribution in [0.2, 0.25) is 0 Å². The lowest BCUT2D eigenvalue weighted by Crippen LogP contribution is -2.15. The normalized spacial score (nSPS) is 10.8. The van der Waals surface area contributed by atoms with Gasteiger partial charge in [-0.15, -0.1) is 0 Å². The van der Waals surface area contributed by atoms with E-state index in [1.54, 1.807) is 18.7 Å². The van der Waals surface area contributed by atoms with Gasteiger partial charge in [0, 0.05) is 31.1 Å². The molecule has 0 bridgehead atoms. The Balaban J connectivity index is 2.19. The van der Waals surface area contributed by atoms with Gasteiger partial charge in [-0.25, -0.2) is 9.97 Å². The number of aromatic nitrogens is 4. The van der Waals surface area contributed by atoms with E-state index in [9.17, 15) is 9.90 Å². The first-order valence-electron chi connectivity index (χ1n) is 8.16. The van der Waals surface area contributed by atoms with Gasteiger partial charge >= 0.3 is 0 Å². The number of carbonyl (C=O) groups excluding carboxylic acids is 1. The maximum Gasteiger partial charge on any atom is 0.267 e. The summed E-state index contributed by atoms with van der Waals surface area (Å²) in [4.78, 5) is 20.2. The van der Waals surface area contributed by atoms with Gasteiger partial charge in [0.2, 0.25) is 5.89 Å². The van der Waals surface area contributed by atoms with Crippen LogP contribution in [0.15, 0.2) is 16.7 Å². The predicted octanol–water partition coefficient (Wildman–Crippen LogP) is 1.77. The zero-order valence-corrected chi connectivity index (χ0v) is 15.1. The van der Waals surface area contributed by atoms with Crippen LogP contribution in [0.3, 0.4) is 0 Å². The van der Waals surface area contributed by atoms with Crippen molar-refractivity contribution in [1.82, 2.24) is 19.7 Å².